The number of carbonyl (C=O) groups excluding carboxylic acids is 2. The first-order chi connectivity index (χ1) is 21.1. The van der Waals surface area contributed by atoms with Crippen LogP contribution in [0.5, 0.6) is 0 Å². The van der Waals surface area contributed by atoms with Gasteiger partial charge in [-0.25, -0.2) is 12.8 Å². The molecule has 0 aromatic heterocycles. The van der Waals surface area contributed by atoms with E-state index < -0.39 is 34.3 Å². The summed E-state index contributed by atoms with van der Waals surface area (Å²) in [5.74, 6) is -1.26. The molecule has 7 nitrogen and oxygen atoms in total. The van der Waals surface area contributed by atoms with Crippen LogP contribution in [0.2, 0.25) is 0 Å². The number of carbonyl (C=O) groups is 2. The van der Waals surface area contributed by atoms with Crippen LogP contribution in [0.1, 0.15) is 30.5 Å². The van der Waals surface area contributed by atoms with Crippen LogP contribution in [-0.2, 0) is 32.6 Å². The van der Waals surface area contributed by atoms with Gasteiger partial charge in [-0.05, 0) is 65.9 Å². The summed E-state index contributed by atoms with van der Waals surface area (Å²) in [4.78, 5) is 29.7. The Labute approximate surface area is 259 Å². The van der Waals surface area contributed by atoms with Crippen LogP contribution in [0.15, 0.2) is 114 Å². The highest BCUT2D eigenvalue weighted by atomic mass is 32.2. The first kappa shape index (κ1) is 32.4. The van der Waals surface area contributed by atoms with Crippen LogP contribution in [0.3, 0.4) is 0 Å². The minimum absolute atomic E-state index is 0.0157. The molecule has 0 bridgehead atoms. The Hall–Kier alpha value is -4.50. The average Bonchev–Trinajstić information content (AvgIpc) is 3.02. The summed E-state index contributed by atoms with van der Waals surface area (Å²) in [6.07, 6.45) is 0.227. The van der Waals surface area contributed by atoms with Crippen LogP contribution in [0.4, 0.5) is 10.1 Å². The van der Waals surface area contributed by atoms with Crippen molar-refractivity contribution in [3.63, 3.8) is 0 Å². The Morgan fingerprint density at radius 2 is 1.41 bits per heavy atom. The topological polar surface area (TPSA) is 86.8 Å². The molecule has 1 atom stereocenters. The monoisotopic (exact) mass is 615 g/mol. The molecule has 44 heavy (non-hydrogen) atoms. The number of anilines is 1. The molecular weight excluding hydrogens is 577 g/mol. The maximum atomic E-state index is 14.4. The third-order valence-corrected chi connectivity index (χ3v) is 9.07. The number of amides is 2. The van der Waals surface area contributed by atoms with Crippen molar-refractivity contribution in [1.29, 1.82) is 0 Å². The van der Waals surface area contributed by atoms with Crippen molar-refractivity contribution in [1.82, 2.24) is 10.2 Å². The molecule has 4 aromatic carbocycles. The van der Waals surface area contributed by atoms with Gasteiger partial charge < -0.3 is 10.2 Å². The maximum absolute atomic E-state index is 14.4. The van der Waals surface area contributed by atoms with Crippen molar-refractivity contribution in [2.24, 2.45) is 5.92 Å². The van der Waals surface area contributed by atoms with Crippen LogP contribution >= 0.6 is 0 Å². The molecule has 9 heteroatoms. The number of hydrogen-bond donors (Lipinski definition) is 1. The Bertz CT molecular complexity index is 1650. The van der Waals surface area contributed by atoms with Gasteiger partial charge in [0.1, 0.15) is 18.4 Å². The lowest BCUT2D eigenvalue weighted by Gasteiger charge is -2.34. The van der Waals surface area contributed by atoms with Gasteiger partial charge in [-0.1, -0.05) is 86.6 Å². The van der Waals surface area contributed by atoms with E-state index in [1.807, 2.05) is 75.4 Å². The number of sulfonamides is 1. The lowest BCUT2D eigenvalue weighted by molar-refractivity contribution is -0.140. The lowest BCUT2D eigenvalue weighted by Crippen LogP contribution is -2.53. The van der Waals surface area contributed by atoms with Crippen LogP contribution < -0.4 is 9.62 Å². The van der Waals surface area contributed by atoms with Gasteiger partial charge in [0.25, 0.3) is 10.0 Å². The molecular formula is C35H38FN3O4S. The minimum atomic E-state index is -4.24. The molecule has 0 saturated heterocycles. The summed E-state index contributed by atoms with van der Waals surface area (Å²) in [6.45, 7) is 5.79. The van der Waals surface area contributed by atoms with Crippen LogP contribution in [0, 0.1) is 18.7 Å². The predicted octanol–water partition coefficient (Wildman–Crippen LogP) is 5.74. The molecule has 0 aliphatic heterocycles. The average molecular weight is 616 g/mol. The molecule has 230 valence electrons. The van der Waals surface area contributed by atoms with Gasteiger partial charge in [0.05, 0.1) is 10.6 Å². The van der Waals surface area contributed by atoms with E-state index in [0.717, 1.165) is 33.1 Å². The van der Waals surface area contributed by atoms with Gasteiger partial charge in [-0.3, -0.25) is 13.9 Å². The molecule has 0 radical (unpaired) electrons. The minimum Gasteiger partial charge on any atom is -0.354 e. The summed E-state index contributed by atoms with van der Waals surface area (Å²) < 4.78 is 42.7. The fourth-order valence-corrected chi connectivity index (χ4v) is 6.24. The molecule has 1 N–H and O–H groups in total. The van der Waals surface area contributed by atoms with Crippen molar-refractivity contribution in [3.05, 3.63) is 132 Å². The van der Waals surface area contributed by atoms with Crippen LogP contribution in [-0.4, -0.2) is 44.3 Å². The van der Waals surface area contributed by atoms with Crippen molar-refractivity contribution in [3.8, 4) is 0 Å². The smallest absolute Gasteiger partial charge is 0.264 e. The van der Waals surface area contributed by atoms with Crippen LogP contribution in [0.25, 0.3) is 0 Å². The summed E-state index contributed by atoms with van der Waals surface area (Å²) in [5, 5.41) is 2.98. The maximum Gasteiger partial charge on any atom is 0.264 e. The number of halogens is 1. The highest BCUT2D eigenvalue weighted by Crippen LogP contribution is 2.25. The van der Waals surface area contributed by atoms with Crippen molar-refractivity contribution >= 4 is 27.5 Å². The molecule has 2 amide bonds. The van der Waals surface area contributed by atoms with E-state index in [1.54, 1.807) is 18.2 Å². The van der Waals surface area contributed by atoms with Gasteiger partial charge in [-0.15, -0.1) is 0 Å². The highest BCUT2D eigenvalue weighted by molar-refractivity contribution is 7.92. The normalized spacial score (nSPS) is 12.0. The largest absolute Gasteiger partial charge is 0.354 e. The second-order valence-electron chi connectivity index (χ2n) is 11.1. The zero-order valence-corrected chi connectivity index (χ0v) is 26.0. The number of hydrogen-bond acceptors (Lipinski definition) is 4. The number of nitrogens with zero attached hydrogens (tertiary/aromatic N) is 2. The Kier molecular flexibility index (Phi) is 10.9. The van der Waals surface area contributed by atoms with E-state index in [2.05, 4.69) is 5.32 Å². The third-order valence-electron chi connectivity index (χ3n) is 7.28. The van der Waals surface area contributed by atoms with Gasteiger partial charge in [0, 0.05) is 19.5 Å². The first-order valence-corrected chi connectivity index (χ1v) is 16.0. The number of nitrogens with one attached hydrogen (secondary N) is 1. The fourth-order valence-electron chi connectivity index (χ4n) is 4.80. The summed E-state index contributed by atoms with van der Waals surface area (Å²) >= 11 is 0. The van der Waals surface area contributed by atoms with E-state index in [0.29, 0.717) is 6.54 Å². The molecule has 4 rings (SSSR count). The highest BCUT2D eigenvalue weighted by Gasteiger charge is 2.34. The van der Waals surface area contributed by atoms with Gasteiger partial charge in [-0.2, -0.15) is 0 Å². The van der Waals surface area contributed by atoms with E-state index >= 15 is 0 Å². The first-order valence-electron chi connectivity index (χ1n) is 14.5. The number of benzene rings is 4. The summed E-state index contributed by atoms with van der Waals surface area (Å²) in [5.41, 5.74) is 2.74. The van der Waals surface area contributed by atoms with Gasteiger partial charge in [0.15, 0.2) is 0 Å². The van der Waals surface area contributed by atoms with Gasteiger partial charge in [0.2, 0.25) is 11.8 Å². The van der Waals surface area contributed by atoms with E-state index in [-0.39, 0.29) is 35.4 Å². The molecule has 0 aliphatic carbocycles. The molecule has 0 heterocycles. The third kappa shape index (κ3) is 8.32. The molecule has 0 fully saturated rings. The predicted molar refractivity (Wildman–Crippen MR) is 171 cm³/mol. The molecule has 0 unspecified atom stereocenters. The Balaban J connectivity index is 1.79. The molecule has 0 aliphatic rings. The van der Waals surface area contributed by atoms with Crippen molar-refractivity contribution < 1.29 is 22.4 Å². The SMILES string of the molecule is Cc1ccccc1CN(C(=O)CN(c1ccc(F)cc1)S(=O)(=O)c1ccccc1)[C@@H](Cc1ccccc1)C(=O)NCC(C)C. The Morgan fingerprint density at radius 3 is 2.02 bits per heavy atom. The molecule has 4 aromatic rings. The Morgan fingerprint density at radius 1 is 0.818 bits per heavy atom. The van der Waals surface area contributed by atoms with Gasteiger partial charge >= 0.3 is 0 Å². The number of aryl methyl sites for hydroxylation is 1. The fraction of sp³-hybridized carbons (Fsp3) is 0.257. The second kappa shape index (κ2) is 14.8. The zero-order chi connectivity index (χ0) is 31.7. The lowest BCUT2D eigenvalue weighted by atomic mass is 10.0. The summed E-state index contributed by atoms with van der Waals surface area (Å²) in [7, 11) is -4.24. The zero-order valence-electron chi connectivity index (χ0n) is 25.2. The second-order valence-corrected chi connectivity index (χ2v) is 13.0. The molecule has 0 saturated carbocycles. The quantitative estimate of drug-likeness (QED) is 0.208. The van der Waals surface area contributed by atoms with Crippen molar-refractivity contribution in [2.75, 3.05) is 17.4 Å². The van der Waals surface area contributed by atoms with E-state index in [9.17, 15) is 22.4 Å². The number of rotatable bonds is 13. The van der Waals surface area contributed by atoms with Crippen molar-refractivity contribution in [2.45, 2.75) is 44.7 Å². The van der Waals surface area contributed by atoms with E-state index in [1.165, 1.54) is 29.2 Å². The standard InChI is InChI=1S/C35H38FN3O4S/c1-26(2)23-37-35(41)33(22-28-13-6-4-7-14-28)38(24-29-15-11-10-12-27(29)3)34(40)25-39(31-20-18-30(36)19-21-31)44(42,43)32-16-8-5-9-17-32/h4-21,26,33H,22-25H2,1-3H3,(H,37,41)/t33-/m0/s1. The molecule has 0 spiro atoms. The summed E-state index contributed by atoms with van der Waals surface area (Å²) in [6, 6.07) is 28.8. The van der Waals surface area contributed by atoms with E-state index in [4.69, 9.17) is 0 Å².